The third-order valence-corrected chi connectivity index (χ3v) is 4.08. The van der Waals surface area contributed by atoms with E-state index in [1.807, 2.05) is 38.1 Å². The van der Waals surface area contributed by atoms with E-state index in [4.69, 9.17) is 0 Å². The van der Waals surface area contributed by atoms with Gasteiger partial charge in [0.25, 0.3) is 6.43 Å². The van der Waals surface area contributed by atoms with Gasteiger partial charge in [-0.2, -0.15) is 5.10 Å². The van der Waals surface area contributed by atoms with E-state index >= 15 is 0 Å². The molecule has 0 unspecified atom stereocenters. The van der Waals surface area contributed by atoms with Crippen molar-refractivity contribution in [1.82, 2.24) is 29.1 Å². The van der Waals surface area contributed by atoms with E-state index in [1.165, 1.54) is 10.9 Å². The highest BCUT2D eigenvalue weighted by Crippen LogP contribution is 2.30. The van der Waals surface area contributed by atoms with Crippen LogP contribution < -0.4 is 0 Å². The number of alkyl halides is 2. The maximum Gasteiger partial charge on any atom is 0.256 e. The number of aromatic nitrogens is 6. The number of imidazole rings is 2. The molecule has 0 radical (unpaired) electrons. The summed E-state index contributed by atoms with van der Waals surface area (Å²) in [5.41, 5.74) is 4.58. The Morgan fingerprint density at radius 1 is 1.04 bits per heavy atom. The molecule has 0 aliphatic carbocycles. The molecule has 0 fully saturated rings. The molecule has 0 aliphatic heterocycles. The van der Waals surface area contributed by atoms with Crippen LogP contribution >= 0.6 is 0 Å². The molecule has 0 bridgehead atoms. The van der Waals surface area contributed by atoms with E-state index in [0.717, 1.165) is 11.4 Å². The van der Waals surface area contributed by atoms with Crippen LogP contribution in [0.4, 0.5) is 8.78 Å². The van der Waals surface area contributed by atoms with Crippen LogP contribution in [0.2, 0.25) is 0 Å². The molecule has 4 aromatic heterocycles. The quantitative estimate of drug-likeness (QED) is 0.562. The van der Waals surface area contributed by atoms with E-state index in [9.17, 15) is 8.78 Å². The standard InChI is InChI=1S/C18H16F2N6/c1-11-4-3-5-13(23-11)17-18(25(10-22-17)9-15(19)20)14-6-7-16-21-8-12(2)26(16)24-14/h3-8,10,15H,9H2,1-2H3. The first-order valence-electron chi connectivity index (χ1n) is 8.12. The van der Waals surface area contributed by atoms with Gasteiger partial charge in [-0.3, -0.25) is 4.98 Å². The molecule has 8 heteroatoms. The monoisotopic (exact) mass is 354 g/mol. The maximum atomic E-state index is 13.1. The fourth-order valence-corrected chi connectivity index (χ4v) is 2.91. The molecule has 0 aromatic carbocycles. The van der Waals surface area contributed by atoms with Crippen LogP contribution in [-0.2, 0) is 6.54 Å². The summed E-state index contributed by atoms with van der Waals surface area (Å²) in [7, 11) is 0. The molecule has 0 N–H and O–H groups in total. The zero-order valence-corrected chi connectivity index (χ0v) is 14.3. The second-order valence-electron chi connectivity index (χ2n) is 6.04. The van der Waals surface area contributed by atoms with Crippen molar-refractivity contribution in [1.29, 1.82) is 0 Å². The summed E-state index contributed by atoms with van der Waals surface area (Å²) in [6.07, 6.45) is 0.624. The van der Waals surface area contributed by atoms with Crippen LogP contribution in [0.25, 0.3) is 28.4 Å². The first kappa shape index (κ1) is 16.3. The molecule has 0 aliphatic rings. The Morgan fingerprint density at radius 2 is 1.88 bits per heavy atom. The second kappa shape index (κ2) is 6.29. The van der Waals surface area contributed by atoms with Crippen LogP contribution in [0, 0.1) is 13.8 Å². The summed E-state index contributed by atoms with van der Waals surface area (Å²) in [6, 6.07) is 9.12. The minimum atomic E-state index is -2.50. The smallest absolute Gasteiger partial charge is 0.256 e. The molecular weight excluding hydrogens is 338 g/mol. The molecule has 132 valence electrons. The van der Waals surface area contributed by atoms with E-state index in [1.54, 1.807) is 16.8 Å². The number of aryl methyl sites for hydroxylation is 2. The predicted octanol–water partition coefficient (Wildman–Crippen LogP) is 3.54. The number of nitrogens with zero attached hydrogens (tertiary/aromatic N) is 6. The van der Waals surface area contributed by atoms with E-state index < -0.39 is 13.0 Å². The van der Waals surface area contributed by atoms with E-state index in [-0.39, 0.29) is 0 Å². The molecule has 0 saturated carbocycles. The first-order valence-corrected chi connectivity index (χ1v) is 8.12. The van der Waals surface area contributed by atoms with Gasteiger partial charge in [-0.05, 0) is 38.1 Å². The summed E-state index contributed by atoms with van der Waals surface area (Å²) >= 11 is 0. The van der Waals surface area contributed by atoms with Crippen molar-refractivity contribution in [2.75, 3.05) is 0 Å². The normalized spacial score (nSPS) is 11.6. The van der Waals surface area contributed by atoms with Gasteiger partial charge >= 0.3 is 0 Å². The average molecular weight is 354 g/mol. The van der Waals surface area contributed by atoms with Gasteiger partial charge in [-0.25, -0.2) is 23.3 Å². The van der Waals surface area contributed by atoms with Gasteiger partial charge in [0.2, 0.25) is 0 Å². The Kier molecular flexibility index (Phi) is 3.95. The third-order valence-electron chi connectivity index (χ3n) is 4.08. The van der Waals surface area contributed by atoms with Crippen LogP contribution in [0.5, 0.6) is 0 Å². The molecular formula is C18H16F2N6. The maximum absolute atomic E-state index is 13.1. The van der Waals surface area contributed by atoms with Gasteiger partial charge in [-0.1, -0.05) is 6.07 Å². The minimum absolute atomic E-state index is 0.462. The molecule has 4 heterocycles. The van der Waals surface area contributed by atoms with Gasteiger partial charge in [0, 0.05) is 5.69 Å². The van der Waals surface area contributed by atoms with Gasteiger partial charge in [-0.15, -0.1) is 0 Å². The van der Waals surface area contributed by atoms with E-state index in [2.05, 4.69) is 20.1 Å². The number of rotatable bonds is 4. The molecule has 0 spiro atoms. The lowest BCUT2D eigenvalue weighted by Gasteiger charge is -2.10. The largest absolute Gasteiger partial charge is 0.323 e. The molecule has 4 rings (SSSR count). The number of hydrogen-bond donors (Lipinski definition) is 0. The first-order chi connectivity index (χ1) is 12.5. The van der Waals surface area contributed by atoms with Crippen molar-refractivity contribution in [3.05, 3.63) is 54.2 Å². The fraction of sp³-hybridized carbons (Fsp3) is 0.222. The lowest BCUT2D eigenvalue weighted by atomic mass is 10.1. The van der Waals surface area contributed by atoms with Gasteiger partial charge in [0.05, 0.1) is 36.2 Å². The van der Waals surface area contributed by atoms with Crippen molar-refractivity contribution < 1.29 is 8.78 Å². The summed E-state index contributed by atoms with van der Waals surface area (Å²) in [4.78, 5) is 13.1. The third kappa shape index (κ3) is 2.83. The van der Waals surface area contributed by atoms with Crippen LogP contribution in [0.15, 0.2) is 42.9 Å². The Bertz CT molecular complexity index is 1080. The van der Waals surface area contributed by atoms with Crippen molar-refractivity contribution in [2.24, 2.45) is 0 Å². The highest BCUT2D eigenvalue weighted by atomic mass is 19.3. The van der Waals surface area contributed by atoms with Crippen molar-refractivity contribution in [3.8, 4) is 22.8 Å². The number of pyridine rings is 1. The van der Waals surface area contributed by atoms with Crippen molar-refractivity contribution >= 4 is 5.65 Å². The molecule has 4 aromatic rings. The molecule has 26 heavy (non-hydrogen) atoms. The molecule has 6 nitrogen and oxygen atoms in total. The van der Waals surface area contributed by atoms with Crippen LogP contribution in [0.3, 0.4) is 0 Å². The SMILES string of the molecule is Cc1cccc(-c2ncn(CC(F)F)c2-c2ccc3ncc(C)n3n2)n1. The zero-order valence-electron chi connectivity index (χ0n) is 14.3. The lowest BCUT2D eigenvalue weighted by molar-refractivity contribution is 0.127. The van der Waals surface area contributed by atoms with Crippen molar-refractivity contribution in [3.63, 3.8) is 0 Å². The lowest BCUT2D eigenvalue weighted by Crippen LogP contribution is -2.08. The summed E-state index contributed by atoms with van der Waals surface area (Å²) < 4.78 is 29.2. The van der Waals surface area contributed by atoms with Gasteiger partial charge in [0.15, 0.2) is 5.65 Å². The highest BCUT2D eigenvalue weighted by Gasteiger charge is 2.20. The number of halogens is 2. The molecule has 0 atom stereocenters. The predicted molar refractivity (Wildman–Crippen MR) is 92.9 cm³/mol. The molecule has 0 amide bonds. The Hall–Kier alpha value is -3.16. The van der Waals surface area contributed by atoms with Gasteiger partial charge < -0.3 is 4.57 Å². The number of hydrogen-bond acceptors (Lipinski definition) is 4. The Balaban J connectivity index is 1.94. The second-order valence-corrected chi connectivity index (χ2v) is 6.04. The topological polar surface area (TPSA) is 60.9 Å². The molecule has 0 saturated heterocycles. The summed E-state index contributed by atoms with van der Waals surface area (Å²) in [6.45, 7) is 3.30. The minimum Gasteiger partial charge on any atom is -0.323 e. The highest BCUT2D eigenvalue weighted by molar-refractivity contribution is 5.75. The summed E-state index contributed by atoms with van der Waals surface area (Å²) in [5.74, 6) is 0. The zero-order chi connectivity index (χ0) is 18.3. The van der Waals surface area contributed by atoms with Crippen molar-refractivity contribution in [2.45, 2.75) is 26.8 Å². The Labute approximate surface area is 148 Å². The Morgan fingerprint density at radius 3 is 2.65 bits per heavy atom. The fourth-order valence-electron chi connectivity index (χ4n) is 2.91. The van der Waals surface area contributed by atoms with E-state index in [0.29, 0.717) is 28.4 Å². The number of fused-ring (bicyclic) bond motifs is 1. The average Bonchev–Trinajstić information content (AvgIpc) is 3.18. The van der Waals surface area contributed by atoms with Crippen LogP contribution in [0.1, 0.15) is 11.4 Å². The van der Waals surface area contributed by atoms with Crippen LogP contribution in [-0.4, -0.2) is 35.6 Å². The van der Waals surface area contributed by atoms with Gasteiger partial charge in [0.1, 0.15) is 11.4 Å². The summed E-state index contributed by atoms with van der Waals surface area (Å²) in [5, 5.41) is 4.57.